The lowest BCUT2D eigenvalue weighted by Crippen LogP contribution is -2.14. The van der Waals surface area contributed by atoms with Gasteiger partial charge in [-0.2, -0.15) is 4.98 Å². The second-order valence-corrected chi connectivity index (χ2v) is 5.25. The first-order valence-corrected chi connectivity index (χ1v) is 6.46. The SMILES string of the molecule is CCOc1n[nH]c(NS(=O)(=O)CBr)n1. The van der Waals surface area contributed by atoms with Crippen molar-refractivity contribution in [3.05, 3.63) is 0 Å². The van der Waals surface area contributed by atoms with Crippen LogP contribution in [0.5, 0.6) is 6.01 Å². The van der Waals surface area contributed by atoms with Gasteiger partial charge in [0.2, 0.25) is 16.0 Å². The number of hydrogen-bond acceptors (Lipinski definition) is 5. The maximum atomic E-state index is 11.0. The molecule has 0 amide bonds. The van der Waals surface area contributed by atoms with Crippen LogP contribution in [0.15, 0.2) is 0 Å². The van der Waals surface area contributed by atoms with Crippen molar-refractivity contribution in [3.8, 4) is 6.01 Å². The zero-order valence-electron chi connectivity index (χ0n) is 7.32. The van der Waals surface area contributed by atoms with Gasteiger partial charge in [-0.15, -0.1) is 5.10 Å². The molecule has 0 saturated carbocycles. The van der Waals surface area contributed by atoms with Gasteiger partial charge in [0.05, 0.1) is 6.61 Å². The van der Waals surface area contributed by atoms with Crippen LogP contribution in [0.2, 0.25) is 0 Å². The first-order chi connectivity index (χ1) is 6.57. The number of aromatic nitrogens is 3. The van der Waals surface area contributed by atoms with Crippen molar-refractivity contribution in [2.75, 3.05) is 16.0 Å². The molecule has 0 bridgehead atoms. The summed E-state index contributed by atoms with van der Waals surface area (Å²) in [4.78, 5) is 3.73. The van der Waals surface area contributed by atoms with Crippen molar-refractivity contribution in [2.24, 2.45) is 0 Å². The van der Waals surface area contributed by atoms with Gasteiger partial charge >= 0.3 is 6.01 Å². The molecule has 1 aromatic heterocycles. The molecule has 0 radical (unpaired) electrons. The number of nitrogens with zero attached hydrogens (tertiary/aromatic N) is 2. The van der Waals surface area contributed by atoms with Gasteiger partial charge < -0.3 is 4.74 Å². The summed E-state index contributed by atoms with van der Waals surface area (Å²) in [5.74, 6) is 0.0351. The van der Waals surface area contributed by atoms with Gasteiger partial charge in [0.15, 0.2) is 0 Å². The van der Waals surface area contributed by atoms with Crippen LogP contribution in [0.3, 0.4) is 0 Å². The van der Waals surface area contributed by atoms with E-state index in [-0.39, 0.29) is 16.6 Å². The second kappa shape index (κ2) is 4.60. The Morgan fingerprint density at radius 3 is 2.93 bits per heavy atom. The molecule has 0 unspecified atom stereocenters. The van der Waals surface area contributed by atoms with Crippen LogP contribution in [0, 0.1) is 0 Å². The number of sulfonamides is 1. The highest BCUT2D eigenvalue weighted by Gasteiger charge is 2.11. The average molecular weight is 285 g/mol. The summed E-state index contributed by atoms with van der Waals surface area (Å²) in [6, 6.07) is 0.111. The predicted octanol–water partition coefficient (Wildman–Crippen LogP) is 0.297. The van der Waals surface area contributed by atoms with E-state index in [9.17, 15) is 8.42 Å². The number of nitrogens with one attached hydrogen (secondary N) is 2. The van der Waals surface area contributed by atoms with E-state index >= 15 is 0 Å². The largest absolute Gasteiger partial charge is 0.463 e. The zero-order chi connectivity index (χ0) is 10.6. The van der Waals surface area contributed by atoms with E-state index in [2.05, 4.69) is 35.8 Å². The molecule has 0 aromatic carbocycles. The van der Waals surface area contributed by atoms with Gasteiger partial charge in [-0.3, -0.25) is 4.72 Å². The average Bonchev–Trinajstić information content (AvgIpc) is 2.53. The molecular formula is C5H9BrN4O3S. The van der Waals surface area contributed by atoms with Gasteiger partial charge in [0.25, 0.3) is 0 Å². The highest BCUT2D eigenvalue weighted by Crippen LogP contribution is 2.08. The first-order valence-electron chi connectivity index (χ1n) is 3.69. The minimum absolute atomic E-state index is 0.0351. The lowest BCUT2D eigenvalue weighted by atomic mass is 10.9. The van der Waals surface area contributed by atoms with Crippen LogP contribution < -0.4 is 9.46 Å². The number of alkyl halides is 1. The molecule has 0 aliphatic rings. The number of halogens is 1. The summed E-state index contributed by atoms with van der Waals surface area (Å²) in [7, 11) is -3.40. The Labute approximate surface area is 89.4 Å². The highest BCUT2D eigenvalue weighted by molar-refractivity contribution is 9.10. The number of H-pyrrole nitrogens is 1. The molecule has 80 valence electrons. The van der Waals surface area contributed by atoms with Crippen LogP contribution in [0.25, 0.3) is 0 Å². The molecule has 1 aromatic rings. The maximum absolute atomic E-state index is 11.0. The van der Waals surface area contributed by atoms with Gasteiger partial charge in [0, 0.05) is 0 Å². The lowest BCUT2D eigenvalue weighted by molar-refractivity contribution is 0.314. The number of rotatable bonds is 5. The summed E-state index contributed by atoms with van der Waals surface area (Å²) in [6.07, 6.45) is 0. The molecule has 14 heavy (non-hydrogen) atoms. The normalized spacial score (nSPS) is 11.3. The van der Waals surface area contributed by atoms with E-state index in [1.165, 1.54) is 0 Å². The topological polar surface area (TPSA) is 97.0 Å². The third-order valence-corrected chi connectivity index (χ3v) is 3.73. The molecule has 7 nitrogen and oxygen atoms in total. The summed E-state index contributed by atoms with van der Waals surface area (Å²) in [5.41, 5.74) is 0. The smallest absolute Gasteiger partial charge is 0.337 e. The van der Waals surface area contributed by atoms with Gasteiger partial charge in [-0.25, -0.2) is 13.5 Å². The Morgan fingerprint density at radius 2 is 2.36 bits per heavy atom. The van der Waals surface area contributed by atoms with Crippen molar-refractivity contribution in [1.29, 1.82) is 0 Å². The van der Waals surface area contributed by atoms with Gasteiger partial charge in [-0.05, 0) is 6.92 Å². The molecule has 1 heterocycles. The third-order valence-electron chi connectivity index (χ3n) is 1.13. The van der Waals surface area contributed by atoms with Gasteiger partial charge in [0.1, 0.15) is 4.66 Å². The summed E-state index contributed by atoms with van der Waals surface area (Å²) < 4.78 is 29.0. The predicted molar refractivity (Wildman–Crippen MR) is 53.9 cm³/mol. The number of aromatic amines is 1. The highest BCUT2D eigenvalue weighted by atomic mass is 79.9. The molecule has 0 spiro atoms. The standard InChI is InChI=1S/C5H9BrN4O3S/c1-2-13-5-7-4(8-9-5)10-14(11,12)3-6/h2-3H2,1H3,(H2,7,8,9,10). The Balaban J connectivity index is 2.69. The first kappa shape index (κ1) is 11.2. The lowest BCUT2D eigenvalue weighted by Gasteiger charge is -1.98. The summed E-state index contributed by atoms with van der Waals surface area (Å²) in [5, 5.41) is 6.01. The van der Waals surface area contributed by atoms with E-state index in [4.69, 9.17) is 4.74 Å². The fourth-order valence-electron chi connectivity index (χ4n) is 0.660. The molecular weight excluding hydrogens is 276 g/mol. The minimum atomic E-state index is -3.40. The quantitative estimate of drug-likeness (QED) is 0.758. The monoisotopic (exact) mass is 284 g/mol. The van der Waals surface area contributed by atoms with E-state index in [0.717, 1.165) is 0 Å². The number of hydrogen-bond donors (Lipinski definition) is 2. The van der Waals surface area contributed by atoms with E-state index in [0.29, 0.717) is 6.61 Å². The number of anilines is 1. The van der Waals surface area contributed by atoms with E-state index < -0.39 is 10.0 Å². The van der Waals surface area contributed by atoms with E-state index in [1.807, 2.05) is 0 Å². The molecule has 0 saturated heterocycles. The van der Waals surface area contributed by atoms with E-state index in [1.54, 1.807) is 6.92 Å². The van der Waals surface area contributed by atoms with Crippen molar-refractivity contribution >= 4 is 31.9 Å². The fraction of sp³-hybridized carbons (Fsp3) is 0.600. The fourth-order valence-corrected chi connectivity index (χ4v) is 1.44. The van der Waals surface area contributed by atoms with Crippen LogP contribution in [0.4, 0.5) is 5.95 Å². The zero-order valence-corrected chi connectivity index (χ0v) is 9.72. The van der Waals surface area contributed by atoms with Crippen molar-refractivity contribution in [2.45, 2.75) is 6.92 Å². The molecule has 0 aliphatic heterocycles. The summed E-state index contributed by atoms with van der Waals surface area (Å²) >= 11 is 2.82. The molecule has 1 rings (SSSR count). The van der Waals surface area contributed by atoms with Crippen LogP contribution in [0.1, 0.15) is 6.92 Å². The Morgan fingerprint density at radius 1 is 1.64 bits per heavy atom. The van der Waals surface area contributed by atoms with Crippen LogP contribution >= 0.6 is 15.9 Å². The second-order valence-electron chi connectivity index (χ2n) is 2.23. The molecule has 0 fully saturated rings. The minimum Gasteiger partial charge on any atom is -0.463 e. The van der Waals surface area contributed by atoms with Crippen LogP contribution in [-0.2, 0) is 10.0 Å². The van der Waals surface area contributed by atoms with Crippen molar-refractivity contribution in [1.82, 2.24) is 15.2 Å². The Bertz CT molecular complexity index is 389. The van der Waals surface area contributed by atoms with Crippen molar-refractivity contribution in [3.63, 3.8) is 0 Å². The molecule has 0 atom stereocenters. The van der Waals surface area contributed by atoms with Crippen molar-refractivity contribution < 1.29 is 13.2 Å². The molecule has 2 N–H and O–H groups in total. The van der Waals surface area contributed by atoms with Gasteiger partial charge in [-0.1, -0.05) is 15.9 Å². The number of ether oxygens (including phenoxy) is 1. The molecule has 0 aliphatic carbocycles. The third kappa shape index (κ3) is 3.14. The summed E-state index contributed by atoms with van der Waals surface area (Å²) in [6.45, 7) is 2.20. The Kier molecular flexibility index (Phi) is 3.69. The maximum Gasteiger partial charge on any atom is 0.337 e. The Hall–Kier alpha value is -0.830. The molecule has 9 heteroatoms. The van der Waals surface area contributed by atoms with Crippen LogP contribution in [-0.4, -0.2) is 34.9 Å².